The summed E-state index contributed by atoms with van der Waals surface area (Å²) in [6.45, 7) is 2.02. The molecule has 0 amide bonds. The van der Waals surface area contributed by atoms with E-state index in [1.54, 1.807) is 0 Å². The molecule has 12 heavy (non-hydrogen) atoms. The van der Waals surface area contributed by atoms with Gasteiger partial charge in [-0.15, -0.1) is 0 Å². The van der Waals surface area contributed by atoms with E-state index in [-0.39, 0.29) is 0 Å². The molecule has 62 valence electrons. The zero-order chi connectivity index (χ0) is 8.97. The molecule has 0 aliphatic carbocycles. The Balaban J connectivity index is 3.10. The largest absolute Gasteiger partial charge is 0.404 e. The Bertz CT molecular complexity index is 313. The monoisotopic (exact) mass is 160 g/mol. The van der Waals surface area contributed by atoms with Crippen LogP contribution in [0.1, 0.15) is 11.1 Å². The van der Waals surface area contributed by atoms with Crippen LogP contribution in [0.4, 0.5) is 0 Å². The van der Waals surface area contributed by atoms with Gasteiger partial charge in [-0.1, -0.05) is 29.8 Å². The highest BCUT2D eigenvalue weighted by Crippen LogP contribution is 2.12. The van der Waals surface area contributed by atoms with Gasteiger partial charge in [0.2, 0.25) is 0 Å². The second-order valence-electron chi connectivity index (χ2n) is 2.64. The Morgan fingerprint density at radius 1 is 1.50 bits per heavy atom. The molecule has 1 rings (SSSR count). The van der Waals surface area contributed by atoms with Crippen molar-refractivity contribution in [1.82, 2.24) is 0 Å². The number of nitrogens with two attached hydrogens (primary N) is 1. The van der Waals surface area contributed by atoms with Gasteiger partial charge in [0.15, 0.2) is 0 Å². The molecule has 0 aliphatic rings. The molecule has 0 saturated heterocycles. The summed E-state index contributed by atoms with van der Waals surface area (Å²) in [5.41, 5.74) is 8.27. The van der Waals surface area contributed by atoms with E-state index in [0.717, 1.165) is 11.1 Å². The molecule has 3 N–H and O–H groups in total. The van der Waals surface area contributed by atoms with E-state index in [2.05, 4.69) is 0 Å². The highest BCUT2D eigenvalue weighted by atomic mass is 14.5. The third-order valence-electron chi connectivity index (χ3n) is 1.69. The normalized spacial score (nSPS) is 11.2. The molecular weight excluding hydrogens is 148 g/mol. The first kappa shape index (κ1) is 8.53. The molecule has 0 heterocycles. The second kappa shape index (κ2) is 3.72. The van der Waals surface area contributed by atoms with Gasteiger partial charge in [0.25, 0.3) is 0 Å². The maximum Gasteiger partial charge on any atom is 0.0270 e. The van der Waals surface area contributed by atoms with Gasteiger partial charge in [0.05, 0.1) is 0 Å². The first-order chi connectivity index (χ1) is 5.77. The van der Waals surface area contributed by atoms with E-state index >= 15 is 0 Å². The van der Waals surface area contributed by atoms with Gasteiger partial charge in [0, 0.05) is 18.0 Å². The van der Waals surface area contributed by atoms with Crippen LogP contribution in [0.5, 0.6) is 0 Å². The van der Waals surface area contributed by atoms with Crippen LogP contribution in [0.2, 0.25) is 0 Å². The number of hydrogen-bond donors (Lipinski definition) is 2. The fourth-order valence-corrected chi connectivity index (χ4v) is 1.05. The Hall–Kier alpha value is -1.57. The van der Waals surface area contributed by atoms with Gasteiger partial charge in [-0.25, -0.2) is 0 Å². The van der Waals surface area contributed by atoms with E-state index < -0.39 is 0 Å². The van der Waals surface area contributed by atoms with Gasteiger partial charge in [0.1, 0.15) is 0 Å². The molecule has 1 aromatic rings. The molecule has 0 fully saturated rings. The molecule has 2 nitrogen and oxygen atoms in total. The van der Waals surface area contributed by atoms with Crippen LogP contribution in [0.3, 0.4) is 0 Å². The third kappa shape index (κ3) is 1.72. The fraction of sp³-hybridized carbons (Fsp3) is 0.100. The number of nitrogens with one attached hydrogen (secondary N) is 1. The molecule has 0 aliphatic heterocycles. The predicted octanol–water partition coefficient (Wildman–Crippen LogP) is 1.94. The van der Waals surface area contributed by atoms with E-state index in [1.165, 1.54) is 18.0 Å². The van der Waals surface area contributed by atoms with Crippen molar-refractivity contribution in [1.29, 1.82) is 5.41 Å². The van der Waals surface area contributed by atoms with E-state index in [4.69, 9.17) is 11.1 Å². The van der Waals surface area contributed by atoms with Crippen LogP contribution < -0.4 is 5.73 Å². The zero-order valence-corrected chi connectivity index (χ0v) is 7.04. The Morgan fingerprint density at radius 3 is 2.75 bits per heavy atom. The van der Waals surface area contributed by atoms with Crippen LogP contribution in [0.15, 0.2) is 30.5 Å². The summed E-state index contributed by atoms with van der Waals surface area (Å²) < 4.78 is 0. The molecule has 0 aromatic heterocycles. The van der Waals surface area contributed by atoms with Crippen molar-refractivity contribution in [3.8, 4) is 0 Å². The first-order valence-electron chi connectivity index (χ1n) is 3.77. The summed E-state index contributed by atoms with van der Waals surface area (Å²) >= 11 is 0. The minimum atomic E-state index is 0.749. The SMILES string of the molecule is Cc1cccc(/C(C=N)=C/N)c1. The smallest absolute Gasteiger partial charge is 0.0270 e. The van der Waals surface area contributed by atoms with E-state index in [1.807, 2.05) is 31.2 Å². The number of aryl methyl sites for hydroxylation is 1. The molecule has 0 spiro atoms. The quantitative estimate of drug-likeness (QED) is 0.638. The van der Waals surface area contributed by atoms with Crippen LogP contribution >= 0.6 is 0 Å². The lowest BCUT2D eigenvalue weighted by Gasteiger charge is -2.00. The lowest BCUT2D eigenvalue weighted by atomic mass is 10.1. The van der Waals surface area contributed by atoms with Crippen molar-refractivity contribution in [3.05, 3.63) is 41.6 Å². The molecule has 0 saturated carbocycles. The van der Waals surface area contributed by atoms with Crippen LogP contribution in [-0.2, 0) is 0 Å². The minimum Gasteiger partial charge on any atom is -0.404 e. The number of hydrogen-bond acceptors (Lipinski definition) is 2. The zero-order valence-electron chi connectivity index (χ0n) is 7.04. The summed E-state index contributed by atoms with van der Waals surface area (Å²) in [6.07, 6.45) is 2.70. The van der Waals surface area contributed by atoms with E-state index in [0.29, 0.717) is 0 Å². The van der Waals surface area contributed by atoms with Crippen molar-refractivity contribution < 1.29 is 0 Å². The number of benzene rings is 1. The maximum absolute atomic E-state index is 7.09. The van der Waals surface area contributed by atoms with Crippen LogP contribution in [-0.4, -0.2) is 6.21 Å². The van der Waals surface area contributed by atoms with Gasteiger partial charge in [-0.3, -0.25) is 0 Å². The highest BCUT2D eigenvalue weighted by molar-refractivity contribution is 6.08. The van der Waals surface area contributed by atoms with Crippen molar-refractivity contribution in [2.45, 2.75) is 6.92 Å². The molecule has 2 heteroatoms. The van der Waals surface area contributed by atoms with Gasteiger partial charge >= 0.3 is 0 Å². The van der Waals surface area contributed by atoms with Crippen LogP contribution in [0.25, 0.3) is 5.57 Å². The minimum absolute atomic E-state index is 0.749. The van der Waals surface area contributed by atoms with Gasteiger partial charge in [-0.05, 0) is 12.5 Å². The van der Waals surface area contributed by atoms with Gasteiger partial charge in [-0.2, -0.15) is 0 Å². The number of rotatable bonds is 2. The Morgan fingerprint density at radius 2 is 2.25 bits per heavy atom. The molecule has 0 atom stereocenters. The summed E-state index contributed by atoms with van der Waals surface area (Å²) in [6, 6.07) is 7.92. The standard InChI is InChI=1S/C10H12N2/c1-8-3-2-4-9(5-8)10(6-11)7-12/h2-7,11H,12H2,1H3/b10-7+,11-6?. The Labute approximate surface area is 72.2 Å². The average Bonchev–Trinajstić information content (AvgIpc) is 2.07. The van der Waals surface area contributed by atoms with E-state index in [9.17, 15) is 0 Å². The predicted molar refractivity (Wildman–Crippen MR) is 52.1 cm³/mol. The molecular formula is C10H12N2. The first-order valence-corrected chi connectivity index (χ1v) is 3.77. The molecule has 0 radical (unpaired) electrons. The maximum atomic E-state index is 7.09. The average molecular weight is 160 g/mol. The highest BCUT2D eigenvalue weighted by Gasteiger charge is 1.95. The second-order valence-corrected chi connectivity index (χ2v) is 2.64. The van der Waals surface area contributed by atoms with Crippen molar-refractivity contribution in [2.24, 2.45) is 5.73 Å². The lowest BCUT2D eigenvalue weighted by Crippen LogP contribution is -1.90. The summed E-state index contributed by atoms with van der Waals surface area (Å²) in [7, 11) is 0. The van der Waals surface area contributed by atoms with Gasteiger partial charge < -0.3 is 11.1 Å². The summed E-state index contributed by atoms with van der Waals surface area (Å²) in [5, 5.41) is 7.09. The topological polar surface area (TPSA) is 49.9 Å². The lowest BCUT2D eigenvalue weighted by molar-refractivity contribution is 1.44. The summed E-state index contributed by atoms with van der Waals surface area (Å²) in [4.78, 5) is 0. The fourth-order valence-electron chi connectivity index (χ4n) is 1.05. The summed E-state index contributed by atoms with van der Waals surface area (Å²) in [5.74, 6) is 0. The third-order valence-corrected chi connectivity index (χ3v) is 1.69. The van der Waals surface area contributed by atoms with Crippen LogP contribution in [0, 0.1) is 12.3 Å². The van der Waals surface area contributed by atoms with Crippen molar-refractivity contribution in [2.75, 3.05) is 0 Å². The molecule has 1 aromatic carbocycles. The molecule has 0 bridgehead atoms. The van der Waals surface area contributed by atoms with Crippen molar-refractivity contribution in [3.63, 3.8) is 0 Å². The Kier molecular flexibility index (Phi) is 2.64. The number of allylic oxidation sites excluding steroid dienone is 1. The van der Waals surface area contributed by atoms with Crippen molar-refractivity contribution >= 4 is 11.8 Å². The molecule has 0 unspecified atom stereocenters.